The number of nitrogens with zero attached hydrogens (tertiary/aromatic N) is 2. The molecule has 6 nitrogen and oxygen atoms in total. The highest BCUT2D eigenvalue weighted by Gasteiger charge is 2.12. The first-order chi connectivity index (χ1) is 13.5. The third-order valence-corrected chi connectivity index (χ3v) is 4.00. The summed E-state index contributed by atoms with van der Waals surface area (Å²) < 4.78 is 28.2. The number of amides is 2. The average molecular weight is 384 g/mol. The lowest BCUT2D eigenvalue weighted by atomic mass is 10.2. The van der Waals surface area contributed by atoms with E-state index in [0.29, 0.717) is 18.2 Å². The van der Waals surface area contributed by atoms with Crippen LogP contribution in [0.4, 0.5) is 14.5 Å². The first-order valence-electron chi connectivity index (χ1n) is 8.64. The molecule has 0 fully saturated rings. The highest BCUT2D eigenvalue weighted by Crippen LogP contribution is 2.13. The van der Waals surface area contributed by atoms with E-state index in [4.69, 9.17) is 0 Å². The van der Waals surface area contributed by atoms with Gasteiger partial charge in [0, 0.05) is 42.8 Å². The van der Waals surface area contributed by atoms with E-state index in [2.05, 4.69) is 15.6 Å². The van der Waals surface area contributed by atoms with Crippen molar-refractivity contribution < 1.29 is 18.4 Å². The van der Waals surface area contributed by atoms with Crippen LogP contribution in [0.15, 0.2) is 61.2 Å². The van der Waals surface area contributed by atoms with Crippen molar-refractivity contribution in [2.45, 2.75) is 12.8 Å². The molecule has 0 atom stereocenters. The van der Waals surface area contributed by atoms with Crippen molar-refractivity contribution in [3.63, 3.8) is 0 Å². The number of carbonyl (C=O) groups is 2. The van der Waals surface area contributed by atoms with Crippen molar-refractivity contribution in [2.75, 3.05) is 11.9 Å². The Morgan fingerprint density at radius 3 is 2.54 bits per heavy atom. The molecule has 0 unspecified atom stereocenters. The van der Waals surface area contributed by atoms with Crippen LogP contribution in [-0.2, 0) is 4.79 Å². The standard InChI is InChI=1S/C20H18F2N4O2/c21-14-3-8-17(18(22)12-14)20(28)24-9-1-2-19(27)25-15-4-6-16(7-5-15)26-11-10-23-13-26/h3-8,10-13H,1-2,9H2,(H,24,28)(H,25,27). The van der Waals surface area contributed by atoms with Crippen LogP contribution < -0.4 is 10.6 Å². The lowest BCUT2D eigenvalue weighted by Gasteiger charge is -2.08. The Kier molecular flexibility index (Phi) is 6.11. The molecule has 0 radical (unpaired) electrons. The molecule has 1 heterocycles. The van der Waals surface area contributed by atoms with Gasteiger partial charge in [-0.3, -0.25) is 9.59 Å². The predicted octanol–water partition coefficient (Wildman–Crippen LogP) is 3.30. The maximum absolute atomic E-state index is 13.5. The summed E-state index contributed by atoms with van der Waals surface area (Å²) in [4.78, 5) is 27.8. The summed E-state index contributed by atoms with van der Waals surface area (Å²) in [5.41, 5.74) is 1.35. The summed E-state index contributed by atoms with van der Waals surface area (Å²) in [6.07, 6.45) is 5.75. The quantitative estimate of drug-likeness (QED) is 0.614. The first kappa shape index (κ1) is 19.2. The summed E-state index contributed by atoms with van der Waals surface area (Å²) in [6, 6.07) is 10.0. The van der Waals surface area contributed by atoms with E-state index in [1.807, 2.05) is 22.9 Å². The molecule has 0 bridgehead atoms. The molecule has 0 aliphatic carbocycles. The van der Waals surface area contributed by atoms with E-state index >= 15 is 0 Å². The molecule has 28 heavy (non-hydrogen) atoms. The second-order valence-corrected chi connectivity index (χ2v) is 6.05. The van der Waals surface area contributed by atoms with Crippen LogP contribution in [-0.4, -0.2) is 27.9 Å². The minimum Gasteiger partial charge on any atom is -0.352 e. The van der Waals surface area contributed by atoms with Crippen LogP contribution in [0.1, 0.15) is 23.2 Å². The van der Waals surface area contributed by atoms with Gasteiger partial charge in [0.15, 0.2) is 0 Å². The molecule has 8 heteroatoms. The van der Waals surface area contributed by atoms with Crippen molar-refractivity contribution in [2.24, 2.45) is 0 Å². The smallest absolute Gasteiger partial charge is 0.254 e. The fourth-order valence-corrected chi connectivity index (χ4v) is 2.57. The lowest BCUT2D eigenvalue weighted by Crippen LogP contribution is -2.26. The Hall–Kier alpha value is -3.55. The molecule has 0 saturated heterocycles. The van der Waals surface area contributed by atoms with E-state index in [0.717, 1.165) is 17.8 Å². The summed E-state index contributed by atoms with van der Waals surface area (Å²) in [5.74, 6) is -2.51. The normalized spacial score (nSPS) is 10.5. The lowest BCUT2D eigenvalue weighted by molar-refractivity contribution is -0.116. The Bertz CT molecular complexity index is 957. The summed E-state index contributed by atoms with van der Waals surface area (Å²) in [7, 11) is 0. The van der Waals surface area contributed by atoms with Gasteiger partial charge in [-0.05, 0) is 42.8 Å². The van der Waals surface area contributed by atoms with Crippen molar-refractivity contribution >= 4 is 17.5 Å². The van der Waals surface area contributed by atoms with Gasteiger partial charge in [0.25, 0.3) is 5.91 Å². The van der Waals surface area contributed by atoms with Gasteiger partial charge in [-0.2, -0.15) is 0 Å². The van der Waals surface area contributed by atoms with E-state index in [1.165, 1.54) is 0 Å². The van der Waals surface area contributed by atoms with E-state index < -0.39 is 17.5 Å². The number of hydrogen-bond acceptors (Lipinski definition) is 3. The average Bonchev–Trinajstić information content (AvgIpc) is 3.20. The van der Waals surface area contributed by atoms with Crippen LogP contribution in [0.5, 0.6) is 0 Å². The zero-order valence-corrected chi connectivity index (χ0v) is 14.9. The minimum absolute atomic E-state index is 0.190. The third kappa shape index (κ3) is 5.00. The molecule has 0 spiro atoms. The number of imidazole rings is 1. The van der Waals surface area contributed by atoms with Gasteiger partial charge in [-0.1, -0.05) is 0 Å². The molecule has 0 saturated carbocycles. The number of rotatable bonds is 7. The van der Waals surface area contributed by atoms with Gasteiger partial charge in [0.2, 0.25) is 5.91 Å². The first-order valence-corrected chi connectivity index (χ1v) is 8.64. The molecule has 3 aromatic rings. The second-order valence-electron chi connectivity index (χ2n) is 6.05. The van der Waals surface area contributed by atoms with Gasteiger partial charge >= 0.3 is 0 Å². The summed E-state index contributed by atoms with van der Waals surface area (Å²) in [5, 5.41) is 5.28. The maximum Gasteiger partial charge on any atom is 0.254 e. The number of hydrogen-bond donors (Lipinski definition) is 2. The molecule has 3 rings (SSSR count). The third-order valence-electron chi connectivity index (χ3n) is 4.00. The molecule has 0 aliphatic rings. The summed E-state index contributed by atoms with van der Waals surface area (Å²) >= 11 is 0. The number of anilines is 1. The van der Waals surface area contributed by atoms with E-state index in [9.17, 15) is 18.4 Å². The Labute approximate surface area is 160 Å². The van der Waals surface area contributed by atoms with E-state index in [-0.39, 0.29) is 24.4 Å². The number of benzene rings is 2. The van der Waals surface area contributed by atoms with Crippen LogP contribution in [0.25, 0.3) is 5.69 Å². The van der Waals surface area contributed by atoms with Crippen molar-refractivity contribution in [1.82, 2.24) is 14.9 Å². The van der Waals surface area contributed by atoms with E-state index in [1.54, 1.807) is 24.7 Å². The number of halogens is 2. The van der Waals surface area contributed by atoms with Gasteiger partial charge in [-0.15, -0.1) is 0 Å². The molecule has 1 aromatic heterocycles. The van der Waals surface area contributed by atoms with Gasteiger partial charge in [-0.25, -0.2) is 13.8 Å². The maximum atomic E-state index is 13.5. The fourth-order valence-electron chi connectivity index (χ4n) is 2.57. The van der Waals surface area contributed by atoms with Crippen molar-refractivity contribution in [3.8, 4) is 5.69 Å². The Morgan fingerprint density at radius 1 is 1.07 bits per heavy atom. The fraction of sp³-hybridized carbons (Fsp3) is 0.150. The van der Waals surface area contributed by atoms with Gasteiger partial charge < -0.3 is 15.2 Å². The Balaban J connectivity index is 1.41. The van der Waals surface area contributed by atoms with Crippen molar-refractivity contribution in [1.29, 1.82) is 0 Å². The summed E-state index contributed by atoms with van der Waals surface area (Å²) in [6.45, 7) is 0.197. The van der Waals surface area contributed by atoms with Crippen LogP contribution in [0.3, 0.4) is 0 Å². The van der Waals surface area contributed by atoms with Gasteiger partial charge in [0.1, 0.15) is 11.6 Å². The number of carbonyl (C=O) groups excluding carboxylic acids is 2. The van der Waals surface area contributed by atoms with Crippen LogP contribution in [0, 0.1) is 11.6 Å². The topological polar surface area (TPSA) is 76.0 Å². The largest absolute Gasteiger partial charge is 0.352 e. The zero-order valence-electron chi connectivity index (χ0n) is 14.9. The van der Waals surface area contributed by atoms with Crippen molar-refractivity contribution in [3.05, 3.63) is 78.4 Å². The SMILES string of the molecule is O=C(CCCNC(=O)c1ccc(F)cc1F)Nc1ccc(-n2ccnc2)cc1. The Morgan fingerprint density at radius 2 is 1.86 bits per heavy atom. The van der Waals surface area contributed by atoms with Crippen LogP contribution >= 0.6 is 0 Å². The second kappa shape index (κ2) is 8.90. The van der Waals surface area contributed by atoms with Gasteiger partial charge in [0.05, 0.1) is 11.9 Å². The molecule has 2 N–H and O–H groups in total. The molecule has 144 valence electrons. The molecule has 2 amide bonds. The highest BCUT2D eigenvalue weighted by atomic mass is 19.1. The molecule has 2 aromatic carbocycles. The zero-order chi connectivity index (χ0) is 19.9. The number of nitrogens with one attached hydrogen (secondary N) is 2. The highest BCUT2D eigenvalue weighted by molar-refractivity contribution is 5.94. The monoisotopic (exact) mass is 384 g/mol. The molecular weight excluding hydrogens is 366 g/mol. The number of aromatic nitrogens is 2. The molecule has 0 aliphatic heterocycles. The predicted molar refractivity (Wildman–Crippen MR) is 100 cm³/mol. The molecular formula is C20H18F2N4O2. The van der Waals surface area contributed by atoms with Crippen LogP contribution in [0.2, 0.25) is 0 Å². The minimum atomic E-state index is -0.922.